The largest absolute Gasteiger partial charge is 0.367 e. The van der Waals surface area contributed by atoms with Gasteiger partial charge in [-0.3, -0.25) is 0 Å². The van der Waals surface area contributed by atoms with Gasteiger partial charge in [-0.2, -0.15) is 0 Å². The summed E-state index contributed by atoms with van der Waals surface area (Å²) in [6, 6.07) is 0. The lowest BCUT2D eigenvalue weighted by molar-refractivity contribution is -0.108. The summed E-state index contributed by atoms with van der Waals surface area (Å²) in [5.41, 5.74) is 1.57. The monoisotopic (exact) mass is 248 g/mol. The second-order valence-electron chi connectivity index (χ2n) is 4.22. The topological polar surface area (TPSA) is 29.5 Å². The van der Waals surface area contributed by atoms with Crippen molar-refractivity contribution in [2.75, 3.05) is 5.33 Å². The van der Waals surface area contributed by atoms with Crippen LogP contribution in [0.25, 0.3) is 0 Å². The average molecular weight is 249 g/mol. The van der Waals surface area contributed by atoms with E-state index in [-0.39, 0.29) is 11.5 Å². The smallest absolute Gasteiger partial charge is 0.165 e. The third kappa shape index (κ3) is 2.79. The lowest BCUT2D eigenvalue weighted by Crippen LogP contribution is -2.22. The number of rotatable bonds is 3. The molecular formula is C10H17BrO2. The Morgan fingerprint density at radius 1 is 1.77 bits per heavy atom. The minimum Gasteiger partial charge on any atom is -0.367 e. The van der Waals surface area contributed by atoms with Crippen LogP contribution in [0.1, 0.15) is 27.2 Å². The zero-order valence-electron chi connectivity index (χ0n) is 8.38. The fourth-order valence-corrected chi connectivity index (χ4v) is 1.71. The first kappa shape index (κ1) is 11.2. The van der Waals surface area contributed by atoms with Crippen LogP contribution in [0.3, 0.4) is 0 Å². The lowest BCUT2D eigenvalue weighted by Gasteiger charge is -2.21. The maximum atomic E-state index is 9.28. The van der Waals surface area contributed by atoms with Crippen LogP contribution in [0.2, 0.25) is 0 Å². The van der Waals surface area contributed by atoms with Crippen LogP contribution < -0.4 is 0 Å². The molecule has 0 aromatic carbocycles. The molecule has 0 aliphatic heterocycles. The number of ether oxygens (including phenoxy) is 1. The van der Waals surface area contributed by atoms with E-state index in [2.05, 4.69) is 42.8 Å². The highest BCUT2D eigenvalue weighted by atomic mass is 79.9. The number of aliphatic hydroxyl groups excluding tert-OH is 1. The van der Waals surface area contributed by atoms with Gasteiger partial charge in [0.1, 0.15) is 0 Å². The predicted octanol–water partition coefficient (Wildman–Crippen LogP) is 2.46. The van der Waals surface area contributed by atoms with Crippen LogP contribution in [0, 0.1) is 5.41 Å². The summed E-state index contributed by atoms with van der Waals surface area (Å²) in [5, 5.41) is 9.75. The average Bonchev–Trinajstić information content (AvgIpc) is 2.25. The molecule has 0 amide bonds. The van der Waals surface area contributed by atoms with E-state index in [1.807, 2.05) is 0 Å². The zero-order valence-corrected chi connectivity index (χ0v) is 9.97. The van der Waals surface area contributed by atoms with Crippen LogP contribution in [-0.4, -0.2) is 22.8 Å². The highest BCUT2D eigenvalue weighted by Gasteiger charge is 2.31. The first-order valence-electron chi connectivity index (χ1n) is 4.54. The van der Waals surface area contributed by atoms with Crippen LogP contribution >= 0.6 is 15.9 Å². The van der Waals surface area contributed by atoms with Gasteiger partial charge in [-0.25, -0.2) is 0 Å². The van der Waals surface area contributed by atoms with Crippen molar-refractivity contribution in [2.24, 2.45) is 5.41 Å². The molecule has 1 N–H and O–H groups in total. The van der Waals surface area contributed by atoms with Gasteiger partial charge in [0, 0.05) is 0 Å². The van der Waals surface area contributed by atoms with Gasteiger partial charge in [-0.1, -0.05) is 41.4 Å². The third-order valence-corrected chi connectivity index (χ3v) is 3.23. The van der Waals surface area contributed by atoms with E-state index in [1.165, 1.54) is 5.57 Å². The Kier molecular flexibility index (Phi) is 3.55. The van der Waals surface area contributed by atoms with Crippen molar-refractivity contribution in [3.05, 3.63) is 11.6 Å². The van der Waals surface area contributed by atoms with Gasteiger partial charge in [0.05, 0.1) is 11.4 Å². The molecule has 76 valence electrons. The van der Waals surface area contributed by atoms with E-state index in [0.29, 0.717) is 5.33 Å². The molecule has 0 aromatic heterocycles. The standard InChI is InChI=1S/C10H17BrO2/c1-7-4-8(5-10(7,2)3)13-9(12)6-11/h4,8-9,12H,5-6H2,1-3H3. The van der Waals surface area contributed by atoms with Gasteiger partial charge in [0.15, 0.2) is 6.29 Å². The number of alkyl halides is 1. The van der Waals surface area contributed by atoms with Gasteiger partial charge in [-0.15, -0.1) is 0 Å². The Labute approximate surface area is 88.1 Å². The maximum Gasteiger partial charge on any atom is 0.165 e. The summed E-state index contributed by atoms with van der Waals surface area (Å²) in [7, 11) is 0. The van der Waals surface area contributed by atoms with E-state index < -0.39 is 6.29 Å². The van der Waals surface area contributed by atoms with E-state index in [4.69, 9.17) is 4.74 Å². The summed E-state index contributed by atoms with van der Waals surface area (Å²) in [6.45, 7) is 6.51. The molecule has 1 aliphatic rings. The van der Waals surface area contributed by atoms with Crippen molar-refractivity contribution < 1.29 is 9.84 Å². The van der Waals surface area contributed by atoms with Gasteiger partial charge >= 0.3 is 0 Å². The molecule has 1 aliphatic carbocycles. The molecule has 0 saturated carbocycles. The van der Waals surface area contributed by atoms with E-state index in [0.717, 1.165) is 6.42 Å². The summed E-state index contributed by atoms with van der Waals surface area (Å²) in [6.07, 6.45) is 2.44. The minimum atomic E-state index is -0.692. The van der Waals surface area contributed by atoms with Gasteiger partial charge in [0.25, 0.3) is 0 Å². The second-order valence-corrected chi connectivity index (χ2v) is 4.87. The molecule has 3 heteroatoms. The summed E-state index contributed by atoms with van der Waals surface area (Å²) in [5.74, 6) is 0. The molecular weight excluding hydrogens is 232 g/mol. The molecule has 2 atom stereocenters. The normalized spacial score (nSPS) is 28.7. The Hall–Kier alpha value is 0.140. The number of aliphatic hydroxyl groups is 1. The molecule has 13 heavy (non-hydrogen) atoms. The highest BCUT2D eigenvalue weighted by Crippen LogP contribution is 2.39. The van der Waals surface area contributed by atoms with Crippen LogP contribution in [0.4, 0.5) is 0 Å². The summed E-state index contributed by atoms with van der Waals surface area (Å²) < 4.78 is 5.40. The Morgan fingerprint density at radius 2 is 2.38 bits per heavy atom. The third-order valence-electron chi connectivity index (χ3n) is 2.68. The lowest BCUT2D eigenvalue weighted by atomic mass is 9.87. The first-order valence-corrected chi connectivity index (χ1v) is 5.66. The predicted molar refractivity (Wildman–Crippen MR) is 56.8 cm³/mol. The molecule has 0 fully saturated rings. The van der Waals surface area contributed by atoms with Gasteiger partial charge in [0.2, 0.25) is 0 Å². The summed E-state index contributed by atoms with van der Waals surface area (Å²) >= 11 is 3.17. The van der Waals surface area contributed by atoms with Crippen LogP contribution in [0.15, 0.2) is 11.6 Å². The molecule has 2 unspecified atom stereocenters. The van der Waals surface area contributed by atoms with Crippen molar-refractivity contribution >= 4 is 15.9 Å². The van der Waals surface area contributed by atoms with Crippen molar-refractivity contribution in [3.63, 3.8) is 0 Å². The van der Waals surface area contributed by atoms with Gasteiger partial charge < -0.3 is 9.84 Å². The molecule has 0 heterocycles. The molecule has 1 rings (SSSR count). The summed E-state index contributed by atoms with van der Waals surface area (Å²) in [4.78, 5) is 0. The quantitative estimate of drug-likeness (QED) is 0.473. The molecule has 0 aromatic rings. The van der Waals surface area contributed by atoms with Crippen molar-refractivity contribution in [1.29, 1.82) is 0 Å². The molecule has 0 bridgehead atoms. The molecule has 0 radical (unpaired) electrons. The van der Waals surface area contributed by atoms with E-state index in [1.54, 1.807) is 0 Å². The van der Waals surface area contributed by atoms with Crippen LogP contribution in [-0.2, 0) is 4.74 Å². The first-order chi connectivity index (χ1) is 5.95. The minimum absolute atomic E-state index is 0.0718. The number of allylic oxidation sites excluding steroid dienone is 1. The highest BCUT2D eigenvalue weighted by molar-refractivity contribution is 9.09. The second kappa shape index (κ2) is 4.11. The number of hydrogen-bond donors (Lipinski definition) is 1. The molecule has 0 saturated heterocycles. The SMILES string of the molecule is CC1=CC(OC(O)CBr)CC1(C)C. The van der Waals surface area contributed by atoms with Crippen molar-refractivity contribution in [3.8, 4) is 0 Å². The maximum absolute atomic E-state index is 9.28. The fourth-order valence-electron chi connectivity index (χ4n) is 1.55. The van der Waals surface area contributed by atoms with Crippen molar-refractivity contribution in [1.82, 2.24) is 0 Å². The molecule has 0 spiro atoms. The van der Waals surface area contributed by atoms with Crippen LogP contribution in [0.5, 0.6) is 0 Å². The van der Waals surface area contributed by atoms with E-state index in [9.17, 15) is 5.11 Å². The number of hydrogen-bond acceptors (Lipinski definition) is 2. The van der Waals surface area contributed by atoms with Crippen molar-refractivity contribution in [2.45, 2.75) is 39.6 Å². The number of halogens is 1. The fraction of sp³-hybridized carbons (Fsp3) is 0.800. The van der Waals surface area contributed by atoms with Gasteiger partial charge in [-0.05, 0) is 18.8 Å². The Morgan fingerprint density at radius 3 is 2.77 bits per heavy atom. The Balaban J connectivity index is 2.50. The Bertz CT molecular complexity index is 211. The molecule has 2 nitrogen and oxygen atoms in total. The zero-order chi connectivity index (χ0) is 10.1. The van der Waals surface area contributed by atoms with E-state index >= 15 is 0 Å².